The Morgan fingerprint density at radius 3 is 2.09 bits per heavy atom. The Kier molecular flexibility index (Phi) is 10.1. The zero-order chi connectivity index (χ0) is 24.4. The van der Waals surface area contributed by atoms with Crippen molar-refractivity contribution in [2.24, 2.45) is 11.5 Å². The van der Waals surface area contributed by atoms with Crippen LogP contribution in [0.1, 0.15) is 18.9 Å². The first-order chi connectivity index (χ1) is 14.9. The fraction of sp³-hybridized carbons (Fsp3) is 0.421. The highest BCUT2D eigenvalue weighted by Crippen LogP contribution is 2.11. The number of nitrogens with two attached hydrogens (primary N) is 2. The lowest BCUT2D eigenvalue weighted by Gasteiger charge is -2.21. The lowest BCUT2D eigenvalue weighted by atomic mass is 10.0. The average Bonchev–Trinajstić information content (AvgIpc) is 2.71. The Bertz CT molecular complexity index is 843. The largest absolute Gasteiger partial charge is 0.508 e. The summed E-state index contributed by atoms with van der Waals surface area (Å²) in [5.74, 6) is -4.98. The number of carbonyl (C=O) groups is 5. The third kappa shape index (κ3) is 8.97. The third-order valence-corrected chi connectivity index (χ3v) is 4.29. The molecule has 13 heteroatoms. The molecule has 10 N–H and O–H groups in total. The van der Waals surface area contributed by atoms with Gasteiger partial charge >= 0.3 is 5.97 Å². The highest BCUT2D eigenvalue weighted by Gasteiger charge is 2.28. The molecule has 1 aromatic carbocycles. The van der Waals surface area contributed by atoms with Gasteiger partial charge in [-0.05, 0) is 24.6 Å². The van der Waals surface area contributed by atoms with Crippen molar-refractivity contribution in [3.63, 3.8) is 0 Å². The molecule has 13 nitrogen and oxygen atoms in total. The van der Waals surface area contributed by atoms with Gasteiger partial charge in [-0.15, -0.1) is 0 Å². The minimum absolute atomic E-state index is 0.0182. The van der Waals surface area contributed by atoms with Crippen LogP contribution >= 0.6 is 0 Å². The van der Waals surface area contributed by atoms with E-state index >= 15 is 0 Å². The van der Waals surface area contributed by atoms with Gasteiger partial charge in [0.25, 0.3) is 0 Å². The number of aromatic hydroxyl groups is 1. The van der Waals surface area contributed by atoms with Gasteiger partial charge in [0.2, 0.25) is 23.6 Å². The summed E-state index contributed by atoms with van der Waals surface area (Å²) >= 11 is 0. The first-order valence-corrected chi connectivity index (χ1v) is 9.50. The number of nitrogens with one attached hydrogen (secondary N) is 3. The molecule has 0 radical (unpaired) electrons. The fourth-order valence-corrected chi connectivity index (χ4v) is 2.50. The first kappa shape index (κ1) is 26.3. The number of phenols is 1. The number of carboxylic acid groups (broad SMARTS) is 1. The number of aliphatic carboxylic acids is 1. The summed E-state index contributed by atoms with van der Waals surface area (Å²) in [5.41, 5.74) is 11.0. The van der Waals surface area contributed by atoms with E-state index in [1.54, 1.807) is 0 Å². The van der Waals surface area contributed by atoms with Crippen LogP contribution in [0.25, 0.3) is 0 Å². The molecule has 1 rings (SSSR count). The number of amides is 4. The van der Waals surface area contributed by atoms with Gasteiger partial charge in [-0.1, -0.05) is 12.1 Å². The molecular weight excluding hydrogens is 426 g/mol. The molecule has 0 aromatic heterocycles. The molecule has 0 fully saturated rings. The van der Waals surface area contributed by atoms with Gasteiger partial charge < -0.3 is 42.7 Å². The highest BCUT2D eigenvalue weighted by atomic mass is 16.4. The van der Waals surface area contributed by atoms with Crippen molar-refractivity contribution in [3.8, 4) is 5.75 Å². The predicted molar refractivity (Wildman–Crippen MR) is 110 cm³/mol. The monoisotopic (exact) mass is 453 g/mol. The van der Waals surface area contributed by atoms with Gasteiger partial charge in [-0.25, -0.2) is 4.79 Å². The first-order valence-electron chi connectivity index (χ1n) is 9.50. The third-order valence-electron chi connectivity index (χ3n) is 4.29. The number of hydrogen-bond acceptors (Lipinski definition) is 8. The molecule has 176 valence electrons. The van der Waals surface area contributed by atoms with Crippen LogP contribution in [0.2, 0.25) is 0 Å². The summed E-state index contributed by atoms with van der Waals surface area (Å²) in [4.78, 5) is 59.2. The quantitative estimate of drug-likeness (QED) is 0.158. The SMILES string of the molecule is CC(O)C(N)C(=O)NCC(=O)NC(CC(N)=O)C(=O)NC(Cc1ccc(O)cc1)C(=O)O. The lowest BCUT2D eigenvalue weighted by Crippen LogP contribution is -2.55. The predicted octanol–water partition coefficient (Wildman–Crippen LogP) is -3.31. The second-order valence-corrected chi connectivity index (χ2v) is 7.04. The minimum Gasteiger partial charge on any atom is -0.508 e. The van der Waals surface area contributed by atoms with Crippen molar-refractivity contribution in [1.82, 2.24) is 16.0 Å². The molecule has 0 saturated heterocycles. The van der Waals surface area contributed by atoms with Gasteiger partial charge in [0.1, 0.15) is 23.9 Å². The van der Waals surface area contributed by atoms with E-state index in [1.165, 1.54) is 31.2 Å². The maximum Gasteiger partial charge on any atom is 0.326 e. The van der Waals surface area contributed by atoms with Gasteiger partial charge in [-0.3, -0.25) is 19.2 Å². The molecule has 0 aliphatic rings. The second-order valence-electron chi connectivity index (χ2n) is 7.04. The van der Waals surface area contributed by atoms with Crippen molar-refractivity contribution >= 4 is 29.6 Å². The zero-order valence-corrected chi connectivity index (χ0v) is 17.3. The fourth-order valence-electron chi connectivity index (χ4n) is 2.50. The lowest BCUT2D eigenvalue weighted by molar-refractivity contribution is -0.142. The Balaban J connectivity index is 2.79. The molecule has 0 heterocycles. The summed E-state index contributed by atoms with van der Waals surface area (Å²) in [6.07, 6.45) is -1.91. The smallest absolute Gasteiger partial charge is 0.326 e. The number of primary amides is 1. The topological polar surface area (TPSA) is 234 Å². The van der Waals surface area contributed by atoms with Crippen LogP contribution in [0.4, 0.5) is 0 Å². The van der Waals surface area contributed by atoms with Crippen LogP contribution < -0.4 is 27.4 Å². The van der Waals surface area contributed by atoms with Crippen LogP contribution in [0, 0.1) is 0 Å². The molecular formula is C19H27N5O8. The van der Waals surface area contributed by atoms with Crippen LogP contribution in [0.3, 0.4) is 0 Å². The summed E-state index contributed by atoms with van der Waals surface area (Å²) in [6, 6.07) is 1.48. The minimum atomic E-state index is -1.50. The van der Waals surface area contributed by atoms with Crippen LogP contribution in [0.15, 0.2) is 24.3 Å². The number of aliphatic hydroxyl groups excluding tert-OH is 1. The maximum absolute atomic E-state index is 12.5. The van der Waals surface area contributed by atoms with Gasteiger partial charge in [0.15, 0.2) is 0 Å². The molecule has 0 aliphatic heterocycles. The number of benzene rings is 1. The summed E-state index contributed by atoms with van der Waals surface area (Å²) in [6.45, 7) is 0.673. The molecule has 0 saturated carbocycles. The second kappa shape index (κ2) is 12.2. The van der Waals surface area contributed by atoms with Crippen molar-refractivity contribution in [2.75, 3.05) is 6.54 Å². The van der Waals surface area contributed by atoms with Gasteiger partial charge in [0, 0.05) is 6.42 Å². The van der Waals surface area contributed by atoms with Crippen molar-refractivity contribution in [1.29, 1.82) is 0 Å². The Morgan fingerprint density at radius 2 is 1.59 bits per heavy atom. The van der Waals surface area contributed by atoms with E-state index in [0.717, 1.165) is 0 Å². The summed E-state index contributed by atoms with van der Waals surface area (Å²) in [7, 11) is 0. The summed E-state index contributed by atoms with van der Waals surface area (Å²) in [5, 5.41) is 34.6. The summed E-state index contributed by atoms with van der Waals surface area (Å²) < 4.78 is 0. The van der Waals surface area contributed by atoms with Crippen LogP contribution in [0.5, 0.6) is 5.75 Å². The standard InChI is InChI=1S/C19H27N5O8/c1-9(25)16(21)18(30)22-8-15(28)23-12(7-14(20)27)17(29)24-13(19(31)32)6-10-2-4-11(26)5-3-10/h2-5,9,12-13,16,25-26H,6-8,21H2,1H3,(H2,20,27)(H,22,30)(H,23,28)(H,24,29)(H,31,32). The van der Waals surface area contributed by atoms with E-state index in [2.05, 4.69) is 16.0 Å². The molecule has 4 unspecified atom stereocenters. The zero-order valence-electron chi connectivity index (χ0n) is 17.3. The molecule has 4 atom stereocenters. The molecule has 0 bridgehead atoms. The number of aliphatic hydroxyl groups is 1. The van der Waals surface area contributed by atoms with E-state index in [1.807, 2.05) is 0 Å². The molecule has 1 aromatic rings. The average molecular weight is 453 g/mol. The van der Waals surface area contributed by atoms with Crippen LogP contribution in [-0.4, -0.2) is 75.7 Å². The van der Waals surface area contributed by atoms with E-state index < -0.39 is 66.8 Å². The van der Waals surface area contributed by atoms with E-state index in [4.69, 9.17) is 11.5 Å². The van der Waals surface area contributed by atoms with Crippen LogP contribution in [-0.2, 0) is 30.4 Å². The van der Waals surface area contributed by atoms with Gasteiger partial charge in [-0.2, -0.15) is 0 Å². The van der Waals surface area contributed by atoms with Crippen molar-refractivity contribution in [2.45, 2.75) is 44.0 Å². The molecule has 0 aliphatic carbocycles. The van der Waals surface area contributed by atoms with E-state index in [9.17, 15) is 39.3 Å². The number of hydrogen-bond donors (Lipinski definition) is 8. The maximum atomic E-state index is 12.5. The number of carboxylic acids is 1. The van der Waals surface area contributed by atoms with E-state index in [-0.39, 0.29) is 12.2 Å². The van der Waals surface area contributed by atoms with Crippen molar-refractivity contribution in [3.05, 3.63) is 29.8 Å². The van der Waals surface area contributed by atoms with E-state index in [0.29, 0.717) is 5.56 Å². The molecule has 32 heavy (non-hydrogen) atoms. The highest BCUT2D eigenvalue weighted by molar-refractivity contribution is 5.95. The number of carbonyl (C=O) groups excluding carboxylic acids is 4. The Morgan fingerprint density at radius 1 is 1.00 bits per heavy atom. The Hall–Kier alpha value is -3.71. The normalized spacial score (nSPS) is 14.3. The Labute approximate surface area is 183 Å². The molecule has 4 amide bonds. The number of rotatable bonds is 12. The van der Waals surface area contributed by atoms with Gasteiger partial charge in [0.05, 0.1) is 19.1 Å². The number of phenolic OH excluding ortho intramolecular Hbond substituents is 1. The molecule has 0 spiro atoms. The van der Waals surface area contributed by atoms with Crippen molar-refractivity contribution < 1.29 is 39.3 Å².